The molecule has 0 bridgehead atoms. The lowest BCUT2D eigenvalue weighted by Crippen LogP contribution is -2.49. The summed E-state index contributed by atoms with van der Waals surface area (Å²) in [4.78, 5) is 43.2. The largest absolute Gasteiger partial charge is 0.426 e. The Bertz CT molecular complexity index is 1220. The molecule has 0 aromatic heterocycles. The predicted molar refractivity (Wildman–Crippen MR) is 147 cm³/mol. The maximum atomic E-state index is 14.0. The summed E-state index contributed by atoms with van der Waals surface area (Å²) in [5, 5.41) is 3.11. The fraction of sp³-hybridized carbons (Fsp3) is 0.500. The molecule has 1 heterocycles. The highest BCUT2D eigenvalue weighted by molar-refractivity contribution is 6.00. The first-order valence-electron chi connectivity index (χ1n) is 12.9. The maximum absolute atomic E-state index is 14.0. The monoisotopic (exact) mass is 507 g/mol. The standard InChI is InChI=1S/C30H41N3O4/c1-10-30(6,7)29(36)33-14-13-23-12-11-22(17-32(8)9)16-24(23)26(33)28(35)31-25-15-18(2)27(37-21(5)34)20(4)19(25)3/h11-12,15-16,26H,10,13-14,17H2,1-9H3,(H,31,35). The molecule has 3 rings (SSSR count). The molecule has 0 aliphatic carbocycles. The Morgan fingerprint density at radius 1 is 1.11 bits per heavy atom. The van der Waals surface area contributed by atoms with E-state index in [1.54, 1.807) is 4.90 Å². The van der Waals surface area contributed by atoms with E-state index in [1.807, 2.05) is 61.7 Å². The molecule has 1 aliphatic heterocycles. The molecule has 1 N–H and O–H groups in total. The van der Waals surface area contributed by atoms with E-state index in [-0.39, 0.29) is 17.8 Å². The van der Waals surface area contributed by atoms with Crippen molar-refractivity contribution in [2.24, 2.45) is 5.41 Å². The number of anilines is 1. The van der Waals surface area contributed by atoms with Crippen LogP contribution in [0.1, 0.15) is 73.5 Å². The first kappa shape index (κ1) is 28.4. The van der Waals surface area contributed by atoms with Crippen molar-refractivity contribution < 1.29 is 19.1 Å². The summed E-state index contributed by atoms with van der Waals surface area (Å²) in [6.45, 7) is 14.1. The predicted octanol–water partition coefficient (Wildman–Crippen LogP) is 5.10. The van der Waals surface area contributed by atoms with E-state index >= 15 is 0 Å². The summed E-state index contributed by atoms with van der Waals surface area (Å²) < 4.78 is 5.41. The Labute approximate surface area is 221 Å². The van der Waals surface area contributed by atoms with Gasteiger partial charge < -0.3 is 19.9 Å². The van der Waals surface area contributed by atoms with Gasteiger partial charge in [-0.1, -0.05) is 39.0 Å². The summed E-state index contributed by atoms with van der Waals surface area (Å²) in [7, 11) is 4.02. The molecule has 0 saturated heterocycles. The fourth-order valence-corrected chi connectivity index (χ4v) is 4.86. The zero-order valence-corrected chi connectivity index (χ0v) is 23.7. The lowest BCUT2D eigenvalue weighted by atomic mass is 9.84. The number of rotatable bonds is 7. The molecule has 200 valence electrons. The summed E-state index contributed by atoms with van der Waals surface area (Å²) >= 11 is 0. The van der Waals surface area contributed by atoms with Crippen LogP contribution in [0.2, 0.25) is 0 Å². The van der Waals surface area contributed by atoms with Gasteiger partial charge in [0.25, 0.3) is 5.91 Å². The van der Waals surface area contributed by atoms with E-state index in [0.717, 1.165) is 39.9 Å². The number of amides is 2. The van der Waals surface area contributed by atoms with Crippen molar-refractivity contribution in [1.29, 1.82) is 0 Å². The molecule has 7 heteroatoms. The number of hydrogen-bond acceptors (Lipinski definition) is 5. The minimum Gasteiger partial charge on any atom is -0.426 e. The third-order valence-corrected chi connectivity index (χ3v) is 7.44. The summed E-state index contributed by atoms with van der Waals surface area (Å²) in [6.07, 6.45) is 1.39. The number of benzene rings is 2. The fourth-order valence-electron chi connectivity index (χ4n) is 4.86. The number of nitrogens with one attached hydrogen (secondary N) is 1. The molecule has 2 amide bonds. The van der Waals surface area contributed by atoms with Crippen molar-refractivity contribution in [2.75, 3.05) is 26.0 Å². The molecule has 0 spiro atoms. The zero-order valence-electron chi connectivity index (χ0n) is 23.7. The van der Waals surface area contributed by atoms with Gasteiger partial charge in [0.1, 0.15) is 11.8 Å². The number of nitrogens with zero attached hydrogens (tertiary/aromatic N) is 2. The topological polar surface area (TPSA) is 79.0 Å². The van der Waals surface area contributed by atoms with Gasteiger partial charge in [0.15, 0.2) is 0 Å². The molecular weight excluding hydrogens is 466 g/mol. The van der Waals surface area contributed by atoms with E-state index < -0.39 is 11.5 Å². The minimum absolute atomic E-state index is 0.0203. The zero-order chi connectivity index (χ0) is 27.7. The highest BCUT2D eigenvalue weighted by Crippen LogP contribution is 2.37. The van der Waals surface area contributed by atoms with E-state index in [0.29, 0.717) is 30.8 Å². The molecule has 37 heavy (non-hydrogen) atoms. The second-order valence-electron chi connectivity index (χ2n) is 11.1. The molecule has 1 unspecified atom stereocenters. The van der Waals surface area contributed by atoms with Crippen molar-refractivity contribution in [2.45, 2.75) is 73.9 Å². The Morgan fingerprint density at radius 2 is 1.78 bits per heavy atom. The van der Waals surface area contributed by atoms with E-state index in [9.17, 15) is 14.4 Å². The van der Waals surface area contributed by atoms with Crippen LogP contribution in [0.4, 0.5) is 5.69 Å². The average molecular weight is 508 g/mol. The molecule has 7 nitrogen and oxygen atoms in total. The van der Waals surface area contributed by atoms with Crippen molar-refractivity contribution in [3.05, 3.63) is 57.6 Å². The van der Waals surface area contributed by atoms with Gasteiger partial charge in [-0.05, 0) is 87.2 Å². The van der Waals surface area contributed by atoms with Gasteiger partial charge >= 0.3 is 5.97 Å². The Morgan fingerprint density at radius 3 is 2.38 bits per heavy atom. The highest BCUT2D eigenvalue weighted by atomic mass is 16.5. The van der Waals surface area contributed by atoms with Crippen molar-refractivity contribution in [1.82, 2.24) is 9.80 Å². The lowest BCUT2D eigenvalue weighted by Gasteiger charge is -2.40. The quantitative estimate of drug-likeness (QED) is 0.417. The number of aryl methyl sites for hydroxylation is 1. The molecule has 1 atom stereocenters. The van der Waals surface area contributed by atoms with Gasteiger partial charge in [0, 0.05) is 31.1 Å². The van der Waals surface area contributed by atoms with E-state index in [4.69, 9.17) is 4.74 Å². The molecule has 2 aromatic carbocycles. The Balaban J connectivity index is 2.07. The van der Waals surface area contributed by atoms with Crippen LogP contribution in [0.15, 0.2) is 24.3 Å². The van der Waals surface area contributed by atoms with Gasteiger partial charge in [-0.15, -0.1) is 0 Å². The van der Waals surface area contributed by atoms with Gasteiger partial charge in [-0.2, -0.15) is 0 Å². The summed E-state index contributed by atoms with van der Waals surface area (Å²) in [5.41, 5.74) is 5.51. The normalized spacial score (nSPS) is 15.4. The van der Waals surface area contributed by atoms with Crippen molar-refractivity contribution in [3.63, 3.8) is 0 Å². The summed E-state index contributed by atoms with van der Waals surface area (Å²) in [6, 6.07) is 7.36. The number of carbonyl (C=O) groups is 3. The number of ether oxygens (including phenoxy) is 1. The number of fused-ring (bicyclic) bond motifs is 1. The summed E-state index contributed by atoms with van der Waals surface area (Å²) in [5.74, 6) is -0.137. The Hall–Kier alpha value is -3.19. The van der Waals surface area contributed by atoms with Crippen LogP contribution >= 0.6 is 0 Å². The SMILES string of the molecule is CCC(C)(C)C(=O)N1CCc2ccc(CN(C)C)cc2C1C(=O)Nc1cc(C)c(OC(C)=O)c(C)c1C. The van der Waals surface area contributed by atoms with Crippen LogP contribution in [0, 0.1) is 26.2 Å². The Kier molecular flexibility index (Phi) is 8.48. The third-order valence-electron chi connectivity index (χ3n) is 7.44. The second kappa shape index (κ2) is 11.1. The van der Waals surface area contributed by atoms with Crippen LogP contribution in [0.5, 0.6) is 5.75 Å². The molecule has 0 radical (unpaired) electrons. The molecule has 0 saturated carbocycles. The van der Waals surface area contributed by atoms with Crippen LogP contribution in [-0.4, -0.2) is 48.2 Å². The highest BCUT2D eigenvalue weighted by Gasteiger charge is 2.41. The molecular formula is C30H41N3O4. The van der Waals surface area contributed by atoms with Gasteiger partial charge in [-0.3, -0.25) is 14.4 Å². The van der Waals surface area contributed by atoms with Crippen LogP contribution < -0.4 is 10.1 Å². The van der Waals surface area contributed by atoms with Gasteiger partial charge in [0.05, 0.1) is 0 Å². The third kappa shape index (κ3) is 6.04. The molecule has 1 aliphatic rings. The number of hydrogen-bond donors (Lipinski definition) is 1. The number of esters is 1. The van der Waals surface area contributed by atoms with Crippen molar-refractivity contribution >= 4 is 23.5 Å². The molecule has 2 aromatic rings. The maximum Gasteiger partial charge on any atom is 0.308 e. The van der Waals surface area contributed by atoms with Crippen molar-refractivity contribution in [3.8, 4) is 5.75 Å². The number of carbonyl (C=O) groups excluding carboxylic acids is 3. The van der Waals surface area contributed by atoms with E-state index in [1.165, 1.54) is 6.92 Å². The minimum atomic E-state index is -0.739. The molecule has 0 fully saturated rings. The van der Waals surface area contributed by atoms with Crippen LogP contribution in [0.25, 0.3) is 0 Å². The second-order valence-corrected chi connectivity index (χ2v) is 11.1. The van der Waals surface area contributed by atoms with Crippen LogP contribution in [-0.2, 0) is 27.3 Å². The van der Waals surface area contributed by atoms with Gasteiger partial charge in [-0.25, -0.2) is 0 Å². The first-order valence-corrected chi connectivity index (χ1v) is 12.9. The van der Waals surface area contributed by atoms with E-state index in [2.05, 4.69) is 28.4 Å². The first-order chi connectivity index (χ1) is 17.3. The smallest absolute Gasteiger partial charge is 0.308 e. The van der Waals surface area contributed by atoms with Gasteiger partial charge in [0.2, 0.25) is 5.91 Å². The average Bonchev–Trinajstić information content (AvgIpc) is 2.83. The lowest BCUT2D eigenvalue weighted by molar-refractivity contribution is -0.147. The van der Waals surface area contributed by atoms with Crippen LogP contribution in [0.3, 0.4) is 0 Å².